The second kappa shape index (κ2) is 6.38. The summed E-state index contributed by atoms with van der Waals surface area (Å²) in [4.78, 5) is 23.7. The van der Waals surface area contributed by atoms with Crippen LogP contribution in [0.4, 0.5) is 0 Å². The first-order valence-electron chi connectivity index (χ1n) is 6.04. The second-order valence-electron chi connectivity index (χ2n) is 3.98. The van der Waals surface area contributed by atoms with Gasteiger partial charge in [-0.1, -0.05) is 30.3 Å². The van der Waals surface area contributed by atoms with Crippen LogP contribution in [0.15, 0.2) is 58.8 Å². The first-order valence-corrected chi connectivity index (χ1v) is 6.04. The van der Waals surface area contributed by atoms with Gasteiger partial charge >= 0.3 is 0 Å². The zero-order valence-electron chi connectivity index (χ0n) is 10.9. The van der Waals surface area contributed by atoms with Crippen molar-refractivity contribution in [3.05, 3.63) is 65.7 Å². The molecular formula is C15H14N2O3. The highest BCUT2D eigenvalue weighted by Crippen LogP contribution is 2.07. The van der Waals surface area contributed by atoms with E-state index in [0.717, 1.165) is 5.56 Å². The van der Waals surface area contributed by atoms with E-state index in [-0.39, 0.29) is 17.4 Å². The van der Waals surface area contributed by atoms with Crippen molar-refractivity contribution >= 4 is 17.9 Å². The Bertz CT molecular complexity index is 616. The highest BCUT2D eigenvalue weighted by Gasteiger charge is 2.14. The van der Waals surface area contributed by atoms with Gasteiger partial charge in [0.15, 0.2) is 5.76 Å². The van der Waals surface area contributed by atoms with E-state index in [1.165, 1.54) is 19.4 Å². The molecule has 0 radical (unpaired) electrons. The Kier molecular flexibility index (Phi) is 4.34. The van der Waals surface area contributed by atoms with Gasteiger partial charge in [-0.05, 0) is 23.8 Å². The number of hydrogen-bond acceptors (Lipinski definition) is 3. The Labute approximate surface area is 116 Å². The molecule has 2 aromatic rings. The van der Waals surface area contributed by atoms with Gasteiger partial charge in [-0.3, -0.25) is 9.59 Å². The molecular weight excluding hydrogens is 256 g/mol. The number of carbonyl (C=O) groups is 2. The summed E-state index contributed by atoms with van der Waals surface area (Å²) in [5.41, 5.74) is 0.964. The molecule has 2 rings (SSSR count). The van der Waals surface area contributed by atoms with E-state index in [1.54, 1.807) is 12.1 Å². The van der Waals surface area contributed by atoms with E-state index in [2.05, 4.69) is 10.6 Å². The van der Waals surface area contributed by atoms with E-state index >= 15 is 0 Å². The van der Waals surface area contributed by atoms with Crippen molar-refractivity contribution in [2.24, 2.45) is 0 Å². The Balaban J connectivity index is 2.23. The van der Waals surface area contributed by atoms with Crippen LogP contribution in [0.5, 0.6) is 0 Å². The van der Waals surface area contributed by atoms with Gasteiger partial charge in [-0.15, -0.1) is 0 Å². The van der Waals surface area contributed by atoms with Crippen molar-refractivity contribution < 1.29 is 14.0 Å². The molecule has 0 spiro atoms. The number of rotatable bonds is 4. The predicted molar refractivity (Wildman–Crippen MR) is 74.7 cm³/mol. The maximum absolute atomic E-state index is 11.9. The summed E-state index contributed by atoms with van der Waals surface area (Å²) < 4.78 is 4.99. The minimum absolute atomic E-state index is 0.146. The molecule has 5 heteroatoms. The number of nitrogens with one attached hydrogen (secondary N) is 2. The summed E-state index contributed by atoms with van der Waals surface area (Å²) in [5.74, 6) is -0.706. The smallest absolute Gasteiger partial charge is 0.291 e. The zero-order chi connectivity index (χ0) is 14.4. The van der Waals surface area contributed by atoms with Gasteiger partial charge in [0.2, 0.25) is 0 Å². The lowest BCUT2D eigenvalue weighted by Crippen LogP contribution is -2.32. The van der Waals surface area contributed by atoms with Crippen molar-refractivity contribution in [3.8, 4) is 0 Å². The Morgan fingerprint density at radius 3 is 2.45 bits per heavy atom. The summed E-state index contributed by atoms with van der Waals surface area (Å²) in [7, 11) is 1.50. The number of hydrogen-bond donors (Lipinski definition) is 2. The van der Waals surface area contributed by atoms with Crippen molar-refractivity contribution in [1.82, 2.24) is 10.6 Å². The molecule has 0 aliphatic rings. The molecule has 0 bridgehead atoms. The van der Waals surface area contributed by atoms with Gasteiger partial charge in [0.1, 0.15) is 5.70 Å². The van der Waals surface area contributed by atoms with Crippen LogP contribution in [0.2, 0.25) is 0 Å². The zero-order valence-corrected chi connectivity index (χ0v) is 10.9. The van der Waals surface area contributed by atoms with Crippen LogP contribution in [-0.2, 0) is 4.79 Å². The van der Waals surface area contributed by atoms with E-state index in [0.29, 0.717) is 0 Å². The largest absolute Gasteiger partial charge is 0.459 e. The van der Waals surface area contributed by atoms with Gasteiger partial charge in [-0.25, -0.2) is 0 Å². The number of furan rings is 1. The summed E-state index contributed by atoms with van der Waals surface area (Å²) in [6.45, 7) is 0. The molecule has 0 saturated carbocycles. The molecule has 1 aromatic heterocycles. The second-order valence-corrected chi connectivity index (χ2v) is 3.98. The molecule has 0 fully saturated rings. The molecule has 0 saturated heterocycles. The molecule has 2 amide bonds. The van der Waals surface area contributed by atoms with Gasteiger partial charge in [0, 0.05) is 7.05 Å². The van der Waals surface area contributed by atoms with Crippen LogP contribution in [0, 0.1) is 0 Å². The van der Waals surface area contributed by atoms with Crippen LogP contribution in [-0.4, -0.2) is 18.9 Å². The normalized spacial score (nSPS) is 10.9. The lowest BCUT2D eigenvalue weighted by atomic mass is 10.2. The van der Waals surface area contributed by atoms with Crippen molar-refractivity contribution in [3.63, 3.8) is 0 Å². The SMILES string of the molecule is CNC(=O)/C(=C/c1ccccc1)NC(=O)c1ccco1. The summed E-state index contributed by atoms with van der Waals surface area (Å²) in [6, 6.07) is 12.4. The summed E-state index contributed by atoms with van der Waals surface area (Å²) >= 11 is 0. The molecule has 2 N–H and O–H groups in total. The average Bonchev–Trinajstić information content (AvgIpc) is 3.01. The van der Waals surface area contributed by atoms with E-state index in [1.807, 2.05) is 30.3 Å². The molecule has 0 atom stereocenters. The van der Waals surface area contributed by atoms with E-state index in [4.69, 9.17) is 4.42 Å². The maximum atomic E-state index is 11.9. The van der Waals surface area contributed by atoms with Crippen molar-refractivity contribution in [2.45, 2.75) is 0 Å². The Morgan fingerprint density at radius 1 is 1.10 bits per heavy atom. The maximum Gasteiger partial charge on any atom is 0.291 e. The average molecular weight is 270 g/mol. The minimum atomic E-state index is -0.471. The molecule has 1 aromatic carbocycles. The standard InChI is InChI=1S/C15H14N2O3/c1-16-14(18)12(10-11-6-3-2-4-7-11)17-15(19)13-8-5-9-20-13/h2-10H,1H3,(H,16,18)(H,17,19)/b12-10-. The van der Waals surface area contributed by atoms with Crippen molar-refractivity contribution in [2.75, 3.05) is 7.05 Å². The van der Waals surface area contributed by atoms with Gasteiger partial charge < -0.3 is 15.1 Å². The highest BCUT2D eigenvalue weighted by molar-refractivity contribution is 6.04. The lowest BCUT2D eigenvalue weighted by molar-refractivity contribution is -0.117. The fourth-order valence-electron chi connectivity index (χ4n) is 1.60. The summed E-state index contributed by atoms with van der Waals surface area (Å²) in [6.07, 6.45) is 3.00. The molecule has 5 nitrogen and oxygen atoms in total. The Morgan fingerprint density at radius 2 is 1.85 bits per heavy atom. The topological polar surface area (TPSA) is 71.3 Å². The van der Waals surface area contributed by atoms with Gasteiger partial charge in [-0.2, -0.15) is 0 Å². The van der Waals surface area contributed by atoms with Crippen LogP contribution >= 0.6 is 0 Å². The van der Waals surface area contributed by atoms with E-state index in [9.17, 15) is 9.59 Å². The van der Waals surface area contributed by atoms with Crippen molar-refractivity contribution in [1.29, 1.82) is 0 Å². The highest BCUT2D eigenvalue weighted by atomic mass is 16.3. The molecule has 102 valence electrons. The quantitative estimate of drug-likeness (QED) is 0.832. The third-order valence-corrected chi connectivity index (χ3v) is 2.58. The number of carbonyl (C=O) groups excluding carboxylic acids is 2. The minimum Gasteiger partial charge on any atom is -0.459 e. The molecule has 0 aliphatic carbocycles. The third-order valence-electron chi connectivity index (χ3n) is 2.58. The van der Waals surface area contributed by atoms with Crippen LogP contribution in [0.25, 0.3) is 6.08 Å². The fraction of sp³-hybridized carbons (Fsp3) is 0.0667. The first-order chi connectivity index (χ1) is 9.70. The van der Waals surface area contributed by atoms with Crippen LogP contribution in [0.1, 0.15) is 16.1 Å². The van der Waals surface area contributed by atoms with E-state index < -0.39 is 5.91 Å². The number of benzene rings is 1. The lowest BCUT2D eigenvalue weighted by Gasteiger charge is -2.07. The molecule has 0 unspecified atom stereocenters. The van der Waals surface area contributed by atoms with Crippen LogP contribution < -0.4 is 10.6 Å². The van der Waals surface area contributed by atoms with Gasteiger partial charge in [0.05, 0.1) is 6.26 Å². The molecule has 20 heavy (non-hydrogen) atoms. The van der Waals surface area contributed by atoms with Gasteiger partial charge in [0.25, 0.3) is 11.8 Å². The summed E-state index contributed by atoms with van der Waals surface area (Å²) in [5, 5.41) is 5.02. The fourth-order valence-corrected chi connectivity index (χ4v) is 1.60. The predicted octanol–water partition coefficient (Wildman–Crippen LogP) is 1.80. The number of amides is 2. The Hall–Kier alpha value is -2.82. The third kappa shape index (κ3) is 3.35. The monoisotopic (exact) mass is 270 g/mol. The number of likely N-dealkylation sites (N-methyl/N-ethyl adjacent to an activating group) is 1. The van der Waals surface area contributed by atoms with Crippen LogP contribution in [0.3, 0.4) is 0 Å². The molecule has 1 heterocycles. The molecule has 0 aliphatic heterocycles. The first kappa shape index (κ1) is 13.6.